The molecule has 2 rings (SSSR count). The maximum atomic E-state index is 10.2. The SMILES string of the molecule is CCC1CCN(CC(O)c2cccc(C)c2)C1. The van der Waals surface area contributed by atoms with Crippen molar-refractivity contribution in [3.05, 3.63) is 35.4 Å². The fourth-order valence-electron chi connectivity index (χ4n) is 2.64. The summed E-state index contributed by atoms with van der Waals surface area (Å²) in [5.41, 5.74) is 2.26. The second-order valence-corrected chi connectivity index (χ2v) is 5.25. The zero-order chi connectivity index (χ0) is 12.3. The summed E-state index contributed by atoms with van der Waals surface area (Å²) in [6.45, 7) is 7.39. The third-order valence-corrected chi connectivity index (χ3v) is 3.81. The maximum absolute atomic E-state index is 10.2. The Morgan fingerprint density at radius 2 is 2.29 bits per heavy atom. The van der Waals surface area contributed by atoms with E-state index in [2.05, 4.69) is 30.9 Å². The van der Waals surface area contributed by atoms with Gasteiger partial charge in [0.1, 0.15) is 0 Å². The van der Waals surface area contributed by atoms with Gasteiger partial charge in [0.05, 0.1) is 6.10 Å². The fourth-order valence-corrected chi connectivity index (χ4v) is 2.64. The lowest BCUT2D eigenvalue weighted by atomic mass is 10.1. The molecule has 2 heteroatoms. The van der Waals surface area contributed by atoms with Crippen LogP contribution in [0, 0.1) is 12.8 Å². The molecule has 2 atom stereocenters. The van der Waals surface area contributed by atoms with E-state index < -0.39 is 0 Å². The van der Waals surface area contributed by atoms with Crippen molar-refractivity contribution < 1.29 is 5.11 Å². The summed E-state index contributed by atoms with van der Waals surface area (Å²) in [5.74, 6) is 0.833. The van der Waals surface area contributed by atoms with Gasteiger partial charge in [0.15, 0.2) is 0 Å². The Morgan fingerprint density at radius 1 is 1.47 bits per heavy atom. The van der Waals surface area contributed by atoms with Gasteiger partial charge in [-0.1, -0.05) is 43.2 Å². The van der Waals surface area contributed by atoms with Crippen molar-refractivity contribution in [3.8, 4) is 0 Å². The topological polar surface area (TPSA) is 23.5 Å². The highest BCUT2D eigenvalue weighted by molar-refractivity contribution is 5.24. The maximum Gasteiger partial charge on any atom is 0.0917 e. The number of benzene rings is 1. The number of aryl methyl sites for hydroxylation is 1. The van der Waals surface area contributed by atoms with Crippen molar-refractivity contribution in [1.29, 1.82) is 0 Å². The summed E-state index contributed by atoms with van der Waals surface area (Å²) < 4.78 is 0. The molecule has 1 aromatic carbocycles. The molecule has 1 heterocycles. The molecule has 0 aromatic heterocycles. The minimum absolute atomic E-state index is 0.342. The summed E-state index contributed by atoms with van der Waals surface area (Å²) in [6, 6.07) is 8.19. The molecule has 2 unspecified atom stereocenters. The summed E-state index contributed by atoms with van der Waals surface area (Å²) in [6.07, 6.45) is 2.21. The van der Waals surface area contributed by atoms with Crippen molar-refractivity contribution in [1.82, 2.24) is 4.90 Å². The van der Waals surface area contributed by atoms with Gasteiger partial charge in [-0.3, -0.25) is 0 Å². The molecule has 1 N–H and O–H groups in total. The molecule has 1 aliphatic rings. The van der Waals surface area contributed by atoms with Crippen molar-refractivity contribution in [2.24, 2.45) is 5.92 Å². The van der Waals surface area contributed by atoms with Gasteiger partial charge in [-0.05, 0) is 31.4 Å². The monoisotopic (exact) mass is 233 g/mol. The van der Waals surface area contributed by atoms with Crippen molar-refractivity contribution in [2.75, 3.05) is 19.6 Å². The Bertz CT molecular complexity index is 364. The van der Waals surface area contributed by atoms with Gasteiger partial charge in [0.25, 0.3) is 0 Å². The lowest BCUT2D eigenvalue weighted by Gasteiger charge is -2.20. The normalized spacial score (nSPS) is 22.9. The zero-order valence-corrected chi connectivity index (χ0v) is 10.9. The van der Waals surface area contributed by atoms with Crippen molar-refractivity contribution >= 4 is 0 Å². The van der Waals surface area contributed by atoms with E-state index in [-0.39, 0.29) is 6.10 Å². The van der Waals surface area contributed by atoms with E-state index >= 15 is 0 Å². The number of hydrogen-bond donors (Lipinski definition) is 1. The Morgan fingerprint density at radius 3 is 2.94 bits per heavy atom. The molecule has 17 heavy (non-hydrogen) atoms. The molecule has 94 valence electrons. The number of nitrogens with zero attached hydrogens (tertiary/aromatic N) is 1. The number of aliphatic hydroxyl groups is 1. The smallest absolute Gasteiger partial charge is 0.0917 e. The Labute approximate surface area is 104 Å². The molecule has 0 saturated carbocycles. The van der Waals surface area contributed by atoms with Gasteiger partial charge in [-0.15, -0.1) is 0 Å². The average Bonchev–Trinajstić information content (AvgIpc) is 2.77. The summed E-state index contributed by atoms with van der Waals surface area (Å²) >= 11 is 0. The Kier molecular flexibility index (Phi) is 4.19. The van der Waals surface area contributed by atoms with Gasteiger partial charge in [0.2, 0.25) is 0 Å². The molecular formula is C15H23NO. The summed E-state index contributed by atoms with van der Waals surface area (Å²) in [4.78, 5) is 2.39. The highest BCUT2D eigenvalue weighted by atomic mass is 16.3. The number of hydrogen-bond acceptors (Lipinski definition) is 2. The second-order valence-electron chi connectivity index (χ2n) is 5.25. The molecule has 0 bridgehead atoms. The summed E-state index contributed by atoms with van der Waals surface area (Å²) in [7, 11) is 0. The molecule has 0 spiro atoms. The van der Waals surface area contributed by atoms with E-state index in [4.69, 9.17) is 0 Å². The summed E-state index contributed by atoms with van der Waals surface area (Å²) in [5, 5.41) is 10.2. The minimum Gasteiger partial charge on any atom is -0.387 e. The van der Waals surface area contributed by atoms with Crippen LogP contribution in [0.2, 0.25) is 0 Å². The van der Waals surface area contributed by atoms with E-state index in [1.54, 1.807) is 0 Å². The fraction of sp³-hybridized carbons (Fsp3) is 0.600. The third kappa shape index (κ3) is 3.30. The molecule has 1 aliphatic heterocycles. The van der Waals surface area contributed by atoms with Gasteiger partial charge < -0.3 is 10.0 Å². The van der Waals surface area contributed by atoms with Gasteiger partial charge in [0, 0.05) is 13.1 Å². The molecule has 0 radical (unpaired) electrons. The van der Waals surface area contributed by atoms with Crippen LogP contribution in [0.3, 0.4) is 0 Å². The van der Waals surface area contributed by atoms with Gasteiger partial charge in [-0.25, -0.2) is 0 Å². The van der Waals surface area contributed by atoms with Crippen LogP contribution in [-0.2, 0) is 0 Å². The largest absolute Gasteiger partial charge is 0.387 e. The first-order valence-corrected chi connectivity index (χ1v) is 6.66. The number of aliphatic hydroxyl groups excluding tert-OH is 1. The van der Waals surface area contributed by atoms with Crippen molar-refractivity contribution in [2.45, 2.75) is 32.8 Å². The predicted octanol–water partition coefficient (Wildman–Crippen LogP) is 2.76. The molecule has 0 amide bonds. The number of β-amino-alcohol motifs (C(OH)–C–C–N with tert-alkyl or cyclic N) is 1. The first-order chi connectivity index (χ1) is 8.19. The first-order valence-electron chi connectivity index (χ1n) is 6.66. The van der Waals surface area contributed by atoms with Crippen LogP contribution in [0.5, 0.6) is 0 Å². The zero-order valence-electron chi connectivity index (χ0n) is 10.9. The lowest BCUT2D eigenvalue weighted by Crippen LogP contribution is -2.26. The second kappa shape index (κ2) is 5.65. The van der Waals surface area contributed by atoms with Crippen LogP contribution in [-0.4, -0.2) is 29.6 Å². The number of likely N-dealkylation sites (tertiary alicyclic amines) is 1. The van der Waals surface area contributed by atoms with Crippen LogP contribution in [0.1, 0.15) is 37.0 Å². The molecular weight excluding hydrogens is 210 g/mol. The molecule has 1 fully saturated rings. The van der Waals surface area contributed by atoms with Gasteiger partial charge >= 0.3 is 0 Å². The Hall–Kier alpha value is -0.860. The quantitative estimate of drug-likeness (QED) is 0.864. The molecule has 1 saturated heterocycles. The van der Waals surface area contributed by atoms with Crippen LogP contribution in [0.4, 0.5) is 0 Å². The van der Waals surface area contributed by atoms with Gasteiger partial charge in [-0.2, -0.15) is 0 Å². The van der Waals surface area contributed by atoms with E-state index in [0.717, 1.165) is 31.1 Å². The minimum atomic E-state index is -0.342. The first kappa shape index (κ1) is 12.6. The predicted molar refractivity (Wildman–Crippen MR) is 71.0 cm³/mol. The van der Waals surface area contributed by atoms with Crippen molar-refractivity contribution in [3.63, 3.8) is 0 Å². The highest BCUT2D eigenvalue weighted by Crippen LogP contribution is 2.22. The van der Waals surface area contributed by atoms with E-state index in [1.165, 1.54) is 18.4 Å². The standard InChI is InChI=1S/C15H23NO/c1-3-13-7-8-16(10-13)11-15(17)14-6-4-5-12(2)9-14/h4-6,9,13,15,17H,3,7-8,10-11H2,1-2H3. The van der Waals surface area contributed by atoms with Crippen LogP contribution < -0.4 is 0 Å². The van der Waals surface area contributed by atoms with E-state index in [1.807, 2.05) is 12.1 Å². The van der Waals surface area contributed by atoms with Crippen LogP contribution >= 0.6 is 0 Å². The lowest BCUT2D eigenvalue weighted by molar-refractivity contribution is 0.124. The molecule has 1 aromatic rings. The van der Waals surface area contributed by atoms with Crippen LogP contribution in [0.15, 0.2) is 24.3 Å². The average molecular weight is 233 g/mol. The van der Waals surface area contributed by atoms with E-state index in [0.29, 0.717) is 0 Å². The Balaban J connectivity index is 1.91. The number of rotatable bonds is 4. The van der Waals surface area contributed by atoms with Crippen LogP contribution in [0.25, 0.3) is 0 Å². The van der Waals surface area contributed by atoms with E-state index in [9.17, 15) is 5.11 Å². The highest BCUT2D eigenvalue weighted by Gasteiger charge is 2.23. The third-order valence-electron chi connectivity index (χ3n) is 3.81. The molecule has 2 nitrogen and oxygen atoms in total. The molecule has 0 aliphatic carbocycles.